The highest BCUT2D eigenvalue weighted by Crippen LogP contribution is 2.19. The third kappa shape index (κ3) is 3.19. The van der Waals surface area contributed by atoms with Crippen molar-refractivity contribution in [2.75, 3.05) is 36.4 Å². The highest BCUT2D eigenvalue weighted by molar-refractivity contribution is 7.09. The first kappa shape index (κ1) is 14.8. The first-order valence-corrected chi connectivity index (χ1v) is 8.05. The standard InChI is InChI=1S/C13H19N7OS/c1-3-11-16-13(22-17-11)20-6-4-19(5-7-20)12(21)15-10-8-14-18(2)9-10/h8-9H,3-7H2,1-2H3,(H,15,21). The monoisotopic (exact) mass is 321 g/mol. The zero-order valence-corrected chi connectivity index (χ0v) is 13.5. The molecule has 0 atom stereocenters. The number of nitrogens with one attached hydrogen (secondary N) is 1. The molecule has 0 unspecified atom stereocenters. The molecule has 8 nitrogen and oxygen atoms in total. The third-order valence-corrected chi connectivity index (χ3v) is 4.38. The highest BCUT2D eigenvalue weighted by Gasteiger charge is 2.23. The number of aromatic nitrogens is 4. The number of carbonyl (C=O) groups excluding carboxylic acids is 1. The van der Waals surface area contributed by atoms with Gasteiger partial charge in [0.25, 0.3) is 0 Å². The minimum atomic E-state index is -0.0841. The normalized spacial score (nSPS) is 15.2. The fourth-order valence-electron chi connectivity index (χ4n) is 2.31. The molecule has 2 aromatic heterocycles. The van der Waals surface area contributed by atoms with E-state index in [2.05, 4.69) is 24.7 Å². The van der Waals surface area contributed by atoms with E-state index in [4.69, 9.17) is 0 Å². The molecule has 0 bridgehead atoms. The van der Waals surface area contributed by atoms with Crippen LogP contribution in [0.25, 0.3) is 0 Å². The van der Waals surface area contributed by atoms with Crippen LogP contribution in [0.4, 0.5) is 15.6 Å². The van der Waals surface area contributed by atoms with Gasteiger partial charge in [0.2, 0.25) is 5.13 Å². The summed E-state index contributed by atoms with van der Waals surface area (Å²) in [5.41, 5.74) is 0.714. The van der Waals surface area contributed by atoms with Gasteiger partial charge >= 0.3 is 6.03 Å². The van der Waals surface area contributed by atoms with Gasteiger partial charge in [-0.15, -0.1) is 0 Å². The maximum Gasteiger partial charge on any atom is 0.322 e. The van der Waals surface area contributed by atoms with Gasteiger partial charge in [-0.05, 0) is 0 Å². The number of hydrogen-bond donors (Lipinski definition) is 1. The molecule has 1 N–H and O–H groups in total. The van der Waals surface area contributed by atoms with Gasteiger partial charge in [0, 0.05) is 57.4 Å². The van der Waals surface area contributed by atoms with Crippen molar-refractivity contribution in [1.29, 1.82) is 0 Å². The molecule has 1 aliphatic rings. The Morgan fingerprint density at radius 3 is 2.73 bits per heavy atom. The van der Waals surface area contributed by atoms with Crippen LogP contribution < -0.4 is 10.2 Å². The van der Waals surface area contributed by atoms with Crippen LogP contribution in [0, 0.1) is 0 Å². The number of piperazine rings is 1. The number of carbonyl (C=O) groups is 1. The first-order valence-electron chi connectivity index (χ1n) is 7.28. The van der Waals surface area contributed by atoms with E-state index in [1.54, 1.807) is 17.1 Å². The lowest BCUT2D eigenvalue weighted by Crippen LogP contribution is -2.50. The Hall–Kier alpha value is -2.16. The molecule has 0 aliphatic carbocycles. The summed E-state index contributed by atoms with van der Waals surface area (Å²) in [6.45, 7) is 4.95. The van der Waals surface area contributed by atoms with E-state index in [-0.39, 0.29) is 6.03 Å². The number of amides is 2. The molecule has 1 fully saturated rings. The minimum absolute atomic E-state index is 0.0841. The van der Waals surface area contributed by atoms with E-state index in [0.29, 0.717) is 18.8 Å². The molecule has 2 amide bonds. The molecule has 2 aromatic rings. The van der Waals surface area contributed by atoms with Crippen molar-refractivity contribution < 1.29 is 4.79 Å². The van der Waals surface area contributed by atoms with E-state index in [1.165, 1.54) is 11.5 Å². The number of aryl methyl sites for hydroxylation is 2. The van der Waals surface area contributed by atoms with Crippen LogP contribution in [0.1, 0.15) is 12.7 Å². The Kier molecular flexibility index (Phi) is 4.23. The topological polar surface area (TPSA) is 79.2 Å². The summed E-state index contributed by atoms with van der Waals surface area (Å²) in [7, 11) is 1.82. The average Bonchev–Trinajstić information content (AvgIpc) is 3.16. The van der Waals surface area contributed by atoms with E-state index in [0.717, 1.165) is 30.5 Å². The van der Waals surface area contributed by atoms with Gasteiger partial charge in [-0.2, -0.15) is 9.47 Å². The van der Waals surface area contributed by atoms with Crippen LogP contribution >= 0.6 is 11.5 Å². The molecular formula is C13H19N7OS. The molecule has 22 heavy (non-hydrogen) atoms. The van der Waals surface area contributed by atoms with E-state index in [1.807, 2.05) is 18.9 Å². The smallest absolute Gasteiger partial charge is 0.322 e. The molecule has 3 heterocycles. The molecule has 0 spiro atoms. The number of rotatable bonds is 3. The average molecular weight is 321 g/mol. The first-order chi connectivity index (χ1) is 10.7. The zero-order chi connectivity index (χ0) is 15.5. The maximum atomic E-state index is 12.2. The van der Waals surface area contributed by atoms with Crippen molar-refractivity contribution in [1.82, 2.24) is 24.0 Å². The van der Waals surface area contributed by atoms with Crippen molar-refractivity contribution in [2.45, 2.75) is 13.3 Å². The number of hydrogen-bond acceptors (Lipinski definition) is 6. The molecule has 0 radical (unpaired) electrons. The summed E-state index contributed by atoms with van der Waals surface area (Å²) >= 11 is 1.43. The highest BCUT2D eigenvalue weighted by atomic mass is 32.1. The minimum Gasteiger partial charge on any atom is -0.343 e. The predicted octanol–water partition coefficient (Wildman–Crippen LogP) is 1.19. The van der Waals surface area contributed by atoms with E-state index in [9.17, 15) is 4.79 Å². The second-order valence-corrected chi connectivity index (χ2v) is 5.88. The maximum absolute atomic E-state index is 12.2. The fraction of sp³-hybridized carbons (Fsp3) is 0.538. The van der Waals surface area contributed by atoms with Crippen LogP contribution in [0.2, 0.25) is 0 Å². The summed E-state index contributed by atoms with van der Waals surface area (Å²) < 4.78 is 5.97. The van der Waals surface area contributed by atoms with Gasteiger partial charge in [-0.3, -0.25) is 4.68 Å². The van der Waals surface area contributed by atoms with Gasteiger partial charge in [-0.25, -0.2) is 9.78 Å². The van der Waals surface area contributed by atoms with E-state index < -0.39 is 0 Å². The van der Waals surface area contributed by atoms with Crippen LogP contribution in [-0.4, -0.2) is 56.2 Å². The molecular weight excluding hydrogens is 302 g/mol. The molecule has 9 heteroatoms. The predicted molar refractivity (Wildman–Crippen MR) is 85.3 cm³/mol. The molecule has 1 saturated heterocycles. The summed E-state index contributed by atoms with van der Waals surface area (Å²) in [6, 6.07) is -0.0841. The fourth-order valence-corrected chi connectivity index (χ4v) is 3.11. The van der Waals surface area contributed by atoms with Crippen molar-refractivity contribution >= 4 is 28.4 Å². The molecule has 0 saturated carbocycles. The van der Waals surface area contributed by atoms with Crippen molar-refractivity contribution in [2.24, 2.45) is 7.05 Å². The van der Waals surface area contributed by atoms with E-state index >= 15 is 0 Å². The molecule has 0 aromatic carbocycles. The largest absolute Gasteiger partial charge is 0.343 e. The third-order valence-electron chi connectivity index (χ3n) is 3.57. The Morgan fingerprint density at radius 2 is 2.14 bits per heavy atom. The van der Waals surface area contributed by atoms with Crippen molar-refractivity contribution in [3.05, 3.63) is 18.2 Å². The van der Waals surface area contributed by atoms with Gasteiger partial charge < -0.3 is 15.1 Å². The summed E-state index contributed by atoms with van der Waals surface area (Å²) in [5.74, 6) is 0.886. The Morgan fingerprint density at radius 1 is 1.36 bits per heavy atom. The van der Waals surface area contributed by atoms with Crippen molar-refractivity contribution in [3.8, 4) is 0 Å². The Bertz CT molecular complexity index is 644. The Balaban J connectivity index is 1.53. The molecule has 3 rings (SSSR count). The Labute approximate surface area is 132 Å². The quantitative estimate of drug-likeness (QED) is 0.918. The van der Waals surface area contributed by atoms with Crippen LogP contribution in [0.15, 0.2) is 12.4 Å². The number of nitrogens with zero attached hydrogens (tertiary/aromatic N) is 6. The zero-order valence-electron chi connectivity index (χ0n) is 12.7. The second-order valence-electron chi connectivity index (χ2n) is 5.15. The second kappa shape index (κ2) is 6.30. The number of urea groups is 1. The molecule has 118 valence electrons. The lowest BCUT2D eigenvalue weighted by atomic mass is 10.3. The SMILES string of the molecule is CCc1nsc(N2CCN(C(=O)Nc3cnn(C)c3)CC2)n1. The van der Waals surface area contributed by atoms with Crippen LogP contribution in [0.5, 0.6) is 0 Å². The summed E-state index contributed by atoms with van der Waals surface area (Å²) in [6.07, 6.45) is 4.27. The lowest BCUT2D eigenvalue weighted by Gasteiger charge is -2.34. The van der Waals surface area contributed by atoms with Gasteiger partial charge in [0.05, 0.1) is 11.9 Å². The van der Waals surface area contributed by atoms with Crippen molar-refractivity contribution in [3.63, 3.8) is 0 Å². The summed E-state index contributed by atoms with van der Waals surface area (Å²) in [5, 5.41) is 7.85. The molecule has 1 aliphatic heterocycles. The lowest BCUT2D eigenvalue weighted by molar-refractivity contribution is 0.208. The number of anilines is 2. The van der Waals surface area contributed by atoms with Gasteiger partial charge in [0.15, 0.2) is 0 Å². The van der Waals surface area contributed by atoms with Gasteiger partial charge in [0.1, 0.15) is 5.82 Å². The van der Waals surface area contributed by atoms with Crippen LogP contribution in [0.3, 0.4) is 0 Å². The summed E-state index contributed by atoms with van der Waals surface area (Å²) in [4.78, 5) is 20.7. The van der Waals surface area contributed by atoms with Gasteiger partial charge in [-0.1, -0.05) is 6.92 Å². The van der Waals surface area contributed by atoms with Crippen LogP contribution in [-0.2, 0) is 13.5 Å².